The van der Waals surface area contributed by atoms with Crippen LogP contribution in [0.4, 0.5) is 5.82 Å². The average molecular weight is 408 g/mol. The number of piperazine rings is 1. The fourth-order valence-corrected chi connectivity index (χ4v) is 3.66. The summed E-state index contributed by atoms with van der Waals surface area (Å²) in [4.78, 5) is 9.26. The number of aromatic nitrogens is 1. The molecule has 5 nitrogen and oxygen atoms in total. The molecule has 0 unspecified atom stereocenters. The standard InChI is InChI=1S/C20H22ClN3O2.ClH/c1-25-19-3-2-7-22-20(19)24-11-9-23(10-12-24)8-6-15-14-26-18-5-4-16(21)13-17(15)18;/h2-5,7,13-14H,6,8-12H2,1H3;1H. The van der Waals surface area contributed by atoms with Crippen molar-refractivity contribution in [1.82, 2.24) is 9.88 Å². The summed E-state index contributed by atoms with van der Waals surface area (Å²) < 4.78 is 11.1. The third-order valence-corrected chi connectivity index (χ3v) is 5.19. The van der Waals surface area contributed by atoms with Crippen molar-refractivity contribution in [2.75, 3.05) is 44.7 Å². The fourth-order valence-electron chi connectivity index (χ4n) is 3.49. The monoisotopic (exact) mass is 407 g/mol. The lowest BCUT2D eigenvalue weighted by molar-refractivity contribution is 0.259. The van der Waals surface area contributed by atoms with Gasteiger partial charge in [-0.3, -0.25) is 4.90 Å². The summed E-state index contributed by atoms with van der Waals surface area (Å²) >= 11 is 6.12. The van der Waals surface area contributed by atoms with E-state index in [1.807, 2.05) is 42.8 Å². The normalized spacial score (nSPS) is 15.0. The van der Waals surface area contributed by atoms with Crippen LogP contribution in [0.15, 0.2) is 47.2 Å². The number of hydrogen-bond acceptors (Lipinski definition) is 5. The first-order valence-electron chi connectivity index (χ1n) is 8.86. The highest BCUT2D eigenvalue weighted by molar-refractivity contribution is 6.31. The largest absolute Gasteiger partial charge is 0.493 e. The molecule has 1 aromatic carbocycles. The highest BCUT2D eigenvalue weighted by Gasteiger charge is 2.20. The predicted molar refractivity (Wildman–Crippen MR) is 112 cm³/mol. The minimum atomic E-state index is 0. The SMILES string of the molecule is COc1cccnc1N1CCN(CCc2coc3ccc(Cl)cc23)CC1.Cl. The lowest BCUT2D eigenvalue weighted by Crippen LogP contribution is -2.47. The summed E-state index contributed by atoms with van der Waals surface area (Å²) in [5.74, 6) is 1.77. The number of benzene rings is 1. The summed E-state index contributed by atoms with van der Waals surface area (Å²) in [7, 11) is 1.69. The number of nitrogens with zero attached hydrogens (tertiary/aromatic N) is 3. The first-order chi connectivity index (χ1) is 12.7. The Morgan fingerprint density at radius 1 is 1.19 bits per heavy atom. The molecule has 0 amide bonds. The molecule has 1 aliphatic heterocycles. The summed E-state index contributed by atoms with van der Waals surface area (Å²) in [6, 6.07) is 9.65. The van der Waals surface area contributed by atoms with Gasteiger partial charge in [-0.2, -0.15) is 0 Å². The first kappa shape index (κ1) is 19.8. The number of hydrogen-bond donors (Lipinski definition) is 0. The number of ether oxygens (including phenoxy) is 1. The van der Waals surface area contributed by atoms with Crippen molar-refractivity contribution in [3.8, 4) is 5.75 Å². The van der Waals surface area contributed by atoms with Crippen LogP contribution in [0.1, 0.15) is 5.56 Å². The van der Waals surface area contributed by atoms with Crippen LogP contribution in [0.2, 0.25) is 5.02 Å². The topological polar surface area (TPSA) is 41.7 Å². The van der Waals surface area contributed by atoms with Gasteiger partial charge >= 0.3 is 0 Å². The molecule has 1 saturated heterocycles. The van der Waals surface area contributed by atoms with Crippen LogP contribution in [-0.4, -0.2) is 49.7 Å². The van der Waals surface area contributed by atoms with Gasteiger partial charge in [0.05, 0.1) is 13.4 Å². The third kappa shape index (κ3) is 4.32. The van der Waals surface area contributed by atoms with Gasteiger partial charge in [0.15, 0.2) is 11.6 Å². The van der Waals surface area contributed by atoms with E-state index in [9.17, 15) is 0 Å². The zero-order valence-electron chi connectivity index (χ0n) is 15.2. The van der Waals surface area contributed by atoms with Crippen LogP contribution in [0.5, 0.6) is 5.75 Å². The van der Waals surface area contributed by atoms with Gasteiger partial charge in [-0.25, -0.2) is 4.98 Å². The number of rotatable bonds is 5. The molecule has 0 aliphatic carbocycles. The number of fused-ring (bicyclic) bond motifs is 1. The average Bonchev–Trinajstić information content (AvgIpc) is 3.09. The van der Waals surface area contributed by atoms with Gasteiger partial charge in [0.1, 0.15) is 5.58 Å². The van der Waals surface area contributed by atoms with Crippen molar-refractivity contribution in [2.45, 2.75) is 6.42 Å². The van der Waals surface area contributed by atoms with Crippen LogP contribution < -0.4 is 9.64 Å². The summed E-state index contributed by atoms with van der Waals surface area (Å²) in [5, 5.41) is 1.87. The maximum atomic E-state index is 6.12. The van der Waals surface area contributed by atoms with Crippen LogP contribution in [0, 0.1) is 0 Å². The van der Waals surface area contributed by atoms with Crippen molar-refractivity contribution >= 4 is 40.8 Å². The zero-order valence-corrected chi connectivity index (χ0v) is 16.8. The summed E-state index contributed by atoms with van der Waals surface area (Å²) in [5.41, 5.74) is 2.12. The smallest absolute Gasteiger partial charge is 0.171 e. The Balaban J connectivity index is 0.00000210. The molecule has 0 atom stereocenters. The van der Waals surface area contributed by atoms with E-state index in [4.69, 9.17) is 20.8 Å². The van der Waals surface area contributed by atoms with Crippen molar-refractivity contribution < 1.29 is 9.15 Å². The Bertz CT molecular complexity index is 892. The van der Waals surface area contributed by atoms with E-state index in [1.165, 1.54) is 5.56 Å². The van der Waals surface area contributed by atoms with Gasteiger partial charge < -0.3 is 14.1 Å². The molecule has 0 saturated carbocycles. The van der Waals surface area contributed by atoms with Gasteiger partial charge in [-0.15, -0.1) is 12.4 Å². The molecule has 4 rings (SSSR count). The predicted octanol–water partition coefficient (Wildman–Crippen LogP) is 4.28. The van der Waals surface area contributed by atoms with E-state index >= 15 is 0 Å². The van der Waals surface area contributed by atoms with Crippen molar-refractivity contribution in [2.24, 2.45) is 0 Å². The first-order valence-corrected chi connectivity index (χ1v) is 9.24. The minimum Gasteiger partial charge on any atom is -0.493 e. The molecule has 144 valence electrons. The maximum absolute atomic E-state index is 6.12. The Kier molecular flexibility index (Phi) is 6.47. The second-order valence-corrected chi connectivity index (χ2v) is 6.95. The molecule has 7 heteroatoms. The maximum Gasteiger partial charge on any atom is 0.171 e. The van der Waals surface area contributed by atoms with Crippen LogP contribution in [-0.2, 0) is 6.42 Å². The van der Waals surface area contributed by atoms with Gasteiger partial charge in [-0.05, 0) is 42.3 Å². The van der Waals surface area contributed by atoms with E-state index < -0.39 is 0 Å². The number of halogens is 2. The van der Waals surface area contributed by atoms with Crippen molar-refractivity contribution in [1.29, 1.82) is 0 Å². The Morgan fingerprint density at radius 2 is 2.00 bits per heavy atom. The number of anilines is 1. The van der Waals surface area contributed by atoms with Gasteiger partial charge in [0.2, 0.25) is 0 Å². The molecule has 0 bridgehead atoms. The van der Waals surface area contributed by atoms with E-state index in [0.29, 0.717) is 0 Å². The fraction of sp³-hybridized carbons (Fsp3) is 0.350. The van der Waals surface area contributed by atoms with Gasteiger partial charge in [0.25, 0.3) is 0 Å². The highest BCUT2D eigenvalue weighted by atomic mass is 35.5. The van der Waals surface area contributed by atoms with E-state index in [-0.39, 0.29) is 12.4 Å². The third-order valence-electron chi connectivity index (χ3n) is 4.96. The highest BCUT2D eigenvalue weighted by Crippen LogP contribution is 2.27. The van der Waals surface area contributed by atoms with Crippen LogP contribution in [0.25, 0.3) is 11.0 Å². The molecule has 0 spiro atoms. The molecular formula is C20H23Cl2N3O2. The van der Waals surface area contributed by atoms with E-state index in [2.05, 4.69) is 14.8 Å². The number of pyridine rings is 1. The number of methoxy groups -OCH3 is 1. The van der Waals surface area contributed by atoms with Crippen molar-refractivity contribution in [3.05, 3.63) is 53.4 Å². The minimum absolute atomic E-state index is 0. The van der Waals surface area contributed by atoms with E-state index in [0.717, 1.165) is 66.7 Å². The quantitative estimate of drug-likeness (QED) is 0.631. The molecule has 0 radical (unpaired) electrons. The molecule has 1 aliphatic rings. The second-order valence-electron chi connectivity index (χ2n) is 6.51. The molecular weight excluding hydrogens is 385 g/mol. The van der Waals surface area contributed by atoms with Crippen LogP contribution in [0.3, 0.4) is 0 Å². The molecule has 1 fully saturated rings. The van der Waals surface area contributed by atoms with Crippen molar-refractivity contribution in [3.63, 3.8) is 0 Å². The summed E-state index contributed by atoms with van der Waals surface area (Å²) in [6.07, 6.45) is 4.63. The second kappa shape index (κ2) is 8.83. The number of furan rings is 1. The molecule has 3 aromatic rings. The van der Waals surface area contributed by atoms with E-state index in [1.54, 1.807) is 7.11 Å². The molecule has 2 aromatic heterocycles. The Labute approximate surface area is 170 Å². The Morgan fingerprint density at radius 3 is 2.78 bits per heavy atom. The van der Waals surface area contributed by atoms with Crippen LogP contribution >= 0.6 is 24.0 Å². The Hall–Kier alpha value is -1.95. The lowest BCUT2D eigenvalue weighted by atomic mass is 10.1. The lowest BCUT2D eigenvalue weighted by Gasteiger charge is -2.35. The zero-order chi connectivity index (χ0) is 17.9. The molecule has 0 N–H and O–H groups in total. The summed E-state index contributed by atoms with van der Waals surface area (Å²) in [6.45, 7) is 4.93. The molecule has 27 heavy (non-hydrogen) atoms. The molecule has 3 heterocycles. The van der Waals surface area contributed by atoms with Gasteiger partial charge in [0, 0.05) is 49.3 Å². The van der Waals surface area contributed by atoms with Gasteiger partial charge in [-0.1, -0.05) is 11.6 Å².